The summed E-state index contributed by atoms with van der Waals surface area (Å²) in [5, 5.41) is 3.16. The molecule has 2 heterocycles. The van der Waals surface area contributed by atoms with Gasteiger partial charge in [-0.05, 0) is 52.7 Å². The molecule has 2 aromatic heterocycles. The van der Waals surface area contributed by atoms with Crippen LogP contribution in [-0.4, -0.2) is 21.9 Å². The summed E-state index contributed by atoms with van der Waals surface area (Å²) in [5.41, 5.74) is 1.08. The van der Waals surface area contributed by atoms with Crippen LogP contribution in [0.4, 0.5) is 5.13 Å². The lowest BCUT2D eigenvalue weighted by atomic mass is 10.2. The zero-order valence-electron chi connectivity index (χ0n) is 12.1. The predicted molar refractivity (Wildman–Crippen MR) is 96.2 cm³/mol. The molecule has 0 aliphatic rings. The Bertz CT molecular complexity index is 832. The summed E-state index contributed by atoms with van der Waals surface area (Å²) in [5.74, 6) is 1.02. The van der Waals surface area contributed by atoms with Crippen molar-refractivity contribution in [2.45, 2.75) is 6.92 Å². The van der Waals surface area contributed by atoms with E-state index < -0.39 is 0 Å². The number of aromatic nitrogens is 2. The van der Waals surface area contributed by atoms with Crippen LogP contribution in [0.25, 0.3) is 10.7 Å². The first-order valence-corrected chi connectivity index (χ1v) is 9.07. The fraction of sp³-hybridized carbons (Fsp3) is 0.133. The molecule has 8 heteroatoms. The van der Waals surface area contributed by atoms with Crippen LogP contribution >= 0.6 is 38.8 Å². The molecule has 0 unspecified atom stereocenters. The number of anilines is 1. The maximum Gasteiger partial charge on any atom is 0.264 e. The standard InChI is InChI=1S/C15H12BrN3O2S2/c1-9-3-2-4-10(7-9)21-8-13(20)17-15-18-14(19-23-15)11-5-6-12(16)22-11/h2-7H,8H2,1H3,(H,17,18,19,20). The van der Waals surface area contributed by atoms with Crippen LogP contribution in [0.3, 0.4) is 0 Å². The number of aryl methyl sites for hydroxylation is 1. The van der Waals surface area contributed by atoms with Crippen LogP contribution in [0.5, 0.6) is 5.75 Å². The summed E-state index contributed by atoms with van der Waals surface area (Å²) in [6.07, 6.45) is 0. The zero-order valence-corrected chi connectivity index (χ0v) is 15.3. The van der Waals surface area contributed by atoms with Crippen LogP contribution in [0, 0.1) is 6.92 Å². The van der Waals surface area contributed by atoms with Gasteiger partial charge in [0, 0.05) is 11.5 Å². The van der Waals surface area contributed by atoms with E-state index in [0.717, 1.165) is 25.8 Å². The largest absolute Gasteiger partial charge is 0.484 e. The normalized spacial score (nSPS) is 10.5. The SMILES string of the molecule is Cc1cccc(OCC(=O)Nc2nc(-c3ccc(Br)s3)ns2)c1. The Hall–Kier alpha value is -1.77. The Morgan fingerprint density at radius 2 is 2.22 bits per heavy atom. The fourth-order valence-electron chi connectivity index (χ4n) is 1.82. The number of rotatable bonds is 5. The van der Waals surface area contributed by atoms with Gasteiger partial charge in [-0.15, -0.1) is 11.3 Å². The Balaban J connectivity index is 1.57. The minimum absolute atomic E-state index is 0.0666. The number of nitrogens with one attached hydrogen (secondary N) is 1. The average Bonchev–Trinajstić information content (AvgIpc) is 3.14. The van der Waals surface area contributed by atoms with Gasteiger partial charge in [-0.3, -0.25) is 10.1 Å². The lowest BCUT2D eigenvalue weighted by Gasteiger charge is -2.06. The molecule has 0 saturated heterocycles. The molecule has 1 amide bonds. The van der Waals surface area contributed by atoms with Gasteiger partial charge in [-0.2, -0.15) is 9.36 Å². The second-order valence-corrected chi connectivity index (χ2v) is 7.90. The second-order valence-electron chi connectivity index (χ2n) is 4.68. The molecule has 1 aromatic carbocycles. The molecular weight excluding hydrogens is 398 g/mol. The number of carbonyl (C=O) groups is 1. The highest BCUT2D eigenvalue weighted by Gasteiger charge is 2.11. The molecule has 0 atom stereocenters. The van der Waals surface area contributed by atoms with E-state index in [9.17, 15) is 4.79 Å². The number of hydrogen-bond donors (Lipinski definition) is 1. The monoisotopic (exact) mass is 409 g/mol. The Morgan fingerprint density at radius 1 is 1.35 bits per heavy atom. The van der Waals surface area contributed by atoms with Crippen LogP contribution in [0.15, 0.2) is 40.2 Å². The fourth-order valence-corrected chi connectivity index (χ4v) is 3.79. The summed E-state index contributed by atoms with van der Waals surface area (Å²) in [6.45, 7) is 1.90. The summed E-state index contributed by atoms with van der Waals surface area (Å²) in [7, 11) is 0. The number of nitrogens with zero attached hydrogens (tertiary/aromatic N) is 2. The highest BCUT2D eigenvalue weighted by molar-refractivity contribution is 9.11. The Morgan fingerprint density at radius 3 is 2.96 bits per heavy atom. The van der Waals surface area contributed by atoms with Gasteiger partial charge < -0.3 is 4.74 Å². The van der Waals surface area contributed by atoms with Crippen molar-refractivity contribution >= 4 is 49.8 Å². The van der Waals surface area contributed by atoms with Gasteiger partial charge in [-0.25, -0.2) is 0 Å². The predicted octanol–water partition coefficient (Wildman–Crippen LogP) is 4.36. The number of hydrogen-bond acceptors (Lipinski definition) is 6. The third kappa shape index (κ3) is 4.37. The lowest BCUT2D eigenvalue weighted by Crippen LogP contribution is -2.20. The molecule has 118 valence electrons. The summed E-state index contributed by atoms with van der Waals surface area (Å²) in [4.78, 5) is 17.2. The maximum atomic E-state index is 11.9. The first kappa shape index (κ1) is 16.1. The van der Waals surface area contributed by atoms with Gasteiger partial charge in [0.05, 0.1) is 8.66 Å². The molecule has 23 heavy (non-hydrogen) atoms. The number of thiophene rings is 1. The third-order valence-electron chi connectivity index (χ3n) is 2.83. The van der Waals surface area contributed by atoms with Crippen molar-refractivity contribution in [2.24, 2.45) is 0 Å². The Kier molecular flexibility index (Phi) is 5.04. The minimum Gasteiger partial charge on any atom is -0.484 e. The van der Waals surface area contributed by atoms with Crippen molar-refractivity contribution in [2.75, 3.05) is 11.9 Å². The van der Waals surface area contributed by atoms with E-state index in [1.807, 2.05) is 43.3 Å². The van der Waals surface area contributed by atoms with E-state index in [1.54, 1.807) is 11.3 Å². The van der Waals surface area contributed by atoms with Gasteiger partial charge in [0.2, 0.25) is 5.13 Å². The van der Waals surface area contributed by atoms with E-state index in [2.05, 4.69) is 30.6 Å². The molecule has 1 N–H and O–H groups in total. The first-order chi connectivity index (χ1) is 11.1. The third-order valence-corrected chi connectivity index (χ3v) is 5.08. The van der Waals surface area contributed by atoms with Crippen molar-refractivity contribution in [1.82, 2.24) is 9.36 Å². The molecule has 0 aliphatic carbocycles. The van der Waals surface area contributed by atoms with Crippen LogP contribution in [-0.2, 0) is 4.79 Å². The van der Waals surface area contributed by atoms with Gasteiger partial charge in [0.1, 0.15) is 5.75 Å². The summed E-state index contributed by atoms with van der Waals surface area (Å²) < 4.78 is 10.7. The zero-order chi connectivity index (χ0) is 16.2. The number of halogens is 1. The van der Waals surface area contributed by atoms with Crippen molar-refractivity contribution in [3.63, 3.8) is 0 Å². The van der Waals surface area contributed by atoms with Crippen LogP contribution < -0.4 is 10.1 Å². The number of ether oxygens (including phenoxy) is 1. The number of carbonyl (C=O) groups excluding carboxylic acids is 1. The topological polar surface area (TPSA) is 64.1 Å². The first-order valence-electron chi connectivity index (χ1n) is 6.69. The van der Waals surface area contributed by atoms with Crippen molar-refractivity contribution in [1.29, 1.82) is 0 Å². The summed E-state index contributed by atoms with van der Waals surface area (Å²) in [6, 6.07) is 11.4. The molecule has 3 rings (SSSR count). The van der Waals surface area contributed by atoms with Crippen molar-refractivity contribution in [3.8, 4) is 16.5 Å². The molecule has 5 nitrogen and oxygen atoms in total. The molecule has 0 spiro atoms. The quantitative estimate of drug-likeness (QED) is 0.679. The maximum absolute atomic E-state index is 11.9. The molecular formula is C15H12BrN3O2S2. The van der Waals surface area contributed by atoms with Crippen LogP contribution in [0.1, 0.15) is 5.56 Å². The van der Waals surface area contributed by atoms with Crippen LogP contribution in [0.2, 0.25) is 0 Å². The van der Waals surface area contributed by atoms with Gasteiger partial charge in [0.15, 0.2) is 12.4 Å². The second kappa shape index (κ2) is 7.20. The number of amides is 1. The summed E-state index contributed by atoms with van der Waals surface area (Å²) >= 11 is 6.10. The van der Waals surface area contributed by atoms with E-state index in [4.69, 9.17) is 4.74 Å². The molecule has 0 saturated carbocycles. The van der Waals surface area contributed by atoms with E-state index in [1.165, 1.54) is 0 Å². The molecule has 3 aromatic rings. The molecule has 0 fully saturated rings. The van der Waals surface area contributed by atoms with Gasteiger partial charge in [-0.1, -0.05) is 12.1 Å². The number of benzene rings is 1. The molecule has 0 radical (unpaired) electrons. The Labute approximate surface area is 149 Å². The van der Waals surface area contributed by atoms with Gasteiger partial charge in [0.25, 0.3) is 5.91 Å². The highest BCUT2D eigenvalue weighted by Crippen LogP contribution is 2.31. The van der Waals surface area contributed by atoms with E-state index in [-0.39, 0.29) is 12.5 Å². The lowest BCUT2D eigenvalue weighted by molar-refractivity contribution is -0.118. The average molecular weight is 410 g/mol. The van der Waals surface area contributed by atoms with Crippen molar-refractivity contribution in [3.05, 3.63) is 45.7 Å². The molecule has 0 bridgehead atoms. The minimum atomic E-state index is -0.262. The molecule has 0 aliphatic heterocycles. The highest BCUT2D eigenvalue weighted by atomic mass is 79.9. The smallest absolute Gasteiger partial charge is 0.264 e. The van der Waals surface area contributed by atoms with Crippen molar-refractivity contribution < 1.29 is 9.53 Å². The van der Waals surface area contributed by atoms with E-state index >= 15 is 0 Å². The van der Waals surface area contributed by atoms with E-state index in [0.29, 0.717) is 16.7 Å². The van der Waals surface area contributed by atoms with Gasteiger partial charge >= 0.3 is 0 Å².